The fourth-order valence-corrected chi connectivity index (χ4v) is 13.3. The molecule has 6 rings (SSSR count). The number of ether oxygens (including phenoxy) is 4. The van der Waals surface area contributed by atoms with Crippen molar-refractivity contribution in [3.8, 4) is 0 Å². The lowest BCUT2D eigenvalue weighted by Gasteiger charge is -2.70. The van der Waals surface area contributed by atoms with E-state index >= 15 is 0 Å². The van der Waals surface area contributed by atoms with E-state index in [1.807, 2.05) is 6.92 Å². The lowest BCUT2D eigenvalue weighted by molar-refractivity contribution is -0.378. The van der Waals surface area contributed by atoms with Crippen molar-refractivity contribution in [3.05, 3.63) is 11.6 Å². The van der Waals surface area contributed by atoms with Crippen molar-refractivity contribution in [1.82, 2.24) is 0 Å². The van der Waals surface area contributed by atoms with Gasteiger partial charge in [-0.05, 0) is 124 Å². The van der Waals surface area contributed by atoms with Crippen LogP contribution in [0.3, 0.4) is 0 Å². The SMILES string of the molecule is CC(C)=CCC[C@@](C)(O)[C@H]1CC[C@]2(C)[C@@H]1[C@H](O)CC1[C@@]3(C)CC[C@H](O[C@@H]4O[C@H](CO)[C@@H](O)[C@H](O)[C@H]4O[C@@H]4O[C@H](CO)[C@@H](O)[C@H](O)[C@H]4O)C(C)(C)[C@@H]3CC[C@]12C. The summed E-state index contributed by atoms with van der Waals surface area (Å²) in [4.78, 5) is 0. The van der Waals surface area contributed by atoms with Crippen LogP contribution in [-0.2, 0) is 18.9 Å². The highest BCUT2D eigenvalue weighted by atomic mass is 16.8. The van der Waals surface area contributed by atoms with Crippen molar-refractivity contribution >= 4 is 0 Å². The predicted octanol–water partition coefficient (Wildman–Crippen LogP) is 2.15. The van der Waals surface area contributed by atoms with E-state index in [1.165, 1.54) is 5.57 Å². The second-order valence-electron chi connectivity index (χ2n) is 20.1. The molecule has 0 radical (unpaired) electrons. The number of fused-ring (bicyclic) bond motifs is 5. The number of aliphatic hydroxyl groups is 9. The quantitative estimate of drug-likeness (QED) is 0.115. The Hall–Kier alpha value is -0.780. The molecule has 6 aliphatic rings. The molecule has 1 unspecified atom stereocenters. The molecule has 55 heavy (non-hydrogen) atoms. The molecule has 0 aromatic heterocycles. The number of rotatable bonds is 10. The predicted molar refractivity (Wildman–Crippen MR) is 201 cm³/mol. The Morgan fingerprint density at radius 3 is 1.95 bits per heavy atom. The number of hydrogen-bond donors (Lipinski definition) is 9. The van der Waals surface area contributed by atoms with Gasteiger partial charge in [0.15, 0.2) is 12.6 Å². The Balaban J connectivity index is 1.23. The molecule has 0 spiro atoms. The summed E-state index contributed by atoms with van der Waals surface area (Å²) in [6.07, 6.45) is -6.48. The van der Waals surface area contributed by atoms with Gasteiger partial charge in [0.2, 0.25) is 0 Å². The minimum absolute atomic E-state index is 0.00798. The van der Waals surface area contributed by atoms with Crippen molar-refractivity contribution in [1.29, 1.82) is 0 Å². The Kier molecular flexibility index (Phi) is 12.5. The molecule has 0 aromatic carbocycles. The minimum atomic E-state index is -1.75. The van der Waals surface area contributed by atoms with Crippen LogP contribution in [0.5, 0.6) is 0 Å². The number of allylic oxidation sites excluding steroid dienone is 2. The summed E-state index contributed by atoms with van der Waals surface area (Å²) in [6, 6.07) is 0. The van der Waals surface area contributed by atoms with E-state index in [-0.39, 0.29) is 39.9 Å². The summed E-state index contributed by atoms with van der Waals surface area (Å²) >= 11 is 0. The Labute approximate surface area is 327 Å². The first kappa shape index (κ1) is 43.8. The van der Waals surface area contributed by atoms with E-state index in [4.69, 9.17) is 18.9 Å². The van der Waals surface area contributed by atoms with Gasteiger partial charge in [-0.2, -0.15) is 0 Å². The van der Waals surface area contributed by atoms with Gasteiger partial charge in [-0.3, -0.25) is 0 Å². The van der Waals surface area contributed by atoms with Crippen molar-refractivity contribution < 1.29 is 64.9 Å². The van der Waals surface area contributed by atoms with Crippen molar-refractivity contribution in [3.63, 3.8) is 0 Å². The second kappa shape index (κ2) is 15.7. The van der Waals surface area contributed by atoms with Crippen LogP contribution in [0, 0.1) is 45.3 Å². The summed E-state index contributed by atoms with van der Waals surface area (Å²) in [6.45, 7) is 16.5. The maximum absolute atomic E-state index is 12.2. The van der Waals surface area contributed by atoms with Gasteiger partial charge in [0.25, 0.3) is 0 Å². The second-order valence-corrected chi connectivity index (χ2v) is 20.1. The summed E-state index contributed by atoms with van der Waals surface area (Å²) in [7, 11) is 0. The van der Waals surface area contributed by atoms with Gasteiger partial charge in [0.05, 0.1) is 31.0 Å². The normalized spacial score (nSPS) is 52.0. The fourth-order valence-electron chi connectivity index (χ4n) is 13.3. The molecule has 318 valence electrons. The number of aliphatic hydroxyl groups excluding tert-OH is 8. The molecule has 0 bridgehead atoms. The van der Waals surface area contributed by atoms with E-state index in [0.717, 1.165) is 38.5 Å². The smallest absolute Gasteiger partial charge is 0.187 e. The number of hydrogen-bond acceptors (Lipinski definition) is 13. The van der Waals surface area contributed by atoms with Crippen LogP contribution in [0.4, 0.5) is 0 Å². The summed E-state index contributed by atoms with van der Waals surface area (Å²) in [5.41, 5.74) is -0.405. The van der Waals surface area contributed by atoms with Gasteiger partial charge >= 0.3 is 0 Å². The lowest BCUT2D eigenvalue weighted by atomic mass is 9.35. The molecular weight excluding hydrogens is 712 g/mol. The van der Waals surface area contributed by atoms with Gasteiger partial charge < -0.3 is 64.9 Å². The molecule has 0 amide bonds. The Morgan fingerprint density at radius 1 is 0.727 bits per heavy atom. The Morgan fingerprint density at radius 2 is 1.33 bits per heavy atom. The zero-order valence-corrected chi connectivity index (χ0v) is 34.3. The van der Waals surface area contributed by atoms with Crippen LogP contribution >= 0.6 is 0 Å². The molecule has 2 saturated heterocycles. The summed E-state index contributed by atoms with van der Waals surface area (Å²) in [5, 5.41) is 97.4. The van der Waals surface area contributed by atoms with Crippen molar-refractivity contribution in [2.45, 2.75) is 192 Å². The highest BCUT2D eigenvalue weighted by molar-refractivity contribution is 5.20. The van der Waals surface area contributed by atoms with E-state index in [0.29, 0.717) is 19.3 Å². The van der Waals surface area contributed by atoms with Crippen molar-refractivity contribution in [2.75, 3.05) is 13.2 Å². The van der Waals surface area contributed by atoms with E-state index < -0.39 is 97.8 Å². The highest BCUT2D eigenvalue weighted by Crippen LogP contribution is 2.76. The van der Waals surface area contributed by atoms with Crippen molar-refractivity contribution in [2.24, 2.45) is 45.3 Å². The maximum atomic E-state index is 12.2. The van der Waals surface area contributed by atoms with Crippen LogP contribution in [0.25, 0.3) is 0 Å². The van der Waals surface area contributed by atoms with Gasteiger partial charge in [0.1, 0.15) is 48.8 Å². The van der Waals surface area contributed by atoms with Crippen LogP contribution < -0.4 is 0 Å². The third-order valence-electron chi connectivity index (χ3n) is 16.6. The van der Waals surface area contributed by atoms with E-state index in [1.54, 1.807) is 0 Å². The van der Waals surface area contributed by atoms with Crippen LogP contribution in [0.15, 0.2) is 11.6 Å². The van der Waals surface area contributed by atoms with Gasteiger partial charge in [-0.1, -0.05) is 46.3 Å². The zero-order valence-electron chi connectivity index (χ0n) is 34.3. The minimum Gasteiger partial charge on any atom is -0.394 e. The molecule has 2 aliphatic heterocycles. The zero-order chi connectivity index (χ0) is 40.6. The first-order valence-corrected chi connectivity index (χ1v) is 20.9. The molecule has 2 heterocycles. The fraction of sp³-hybridized carbons (Fsp3) is 0.952. The monoisotopic (exact) mass is 784 g/mol. The van der Waals surface area contributed by atoms with Gasteiger partial charge in [-0.25, -0.2) is 0 Å². The molecule has 9 N–H and O–H groups in total. The van der Waals surface area contributed by atoms with Gasteiger partial charge in [0, 0.05) is 0 Å². The first-order chi connectivity index (χ1) is 25.6. The van der Waals surface area contributed by atoms with Crippen LogP contribution in [0.2, 0.25) is 0 Å². The average Bonchev–Trinajstić information content (AvgIpc) is 3.50. The molecule has 0 aromatic rings. The van der Waals surface area contributed by atoms with Gasteiger partial charge in [-0.15, -0.1) is 0 Å². The highest BCUT2D eigenvalue weighted by Gasteiger charge is 2.71. The topological polar surface area (TPSA) is 219 Å². The van der Waals surface area contributed by atoms with Crippen LogP contribution in [0.1, 0.15) is 113 Å². The molecule has 13 heteroatoms. The van der Waals surface area contributed by atoms with E-state index in [9.17, 15) is 46.0 Å². The largest absolute Gasteiger partial charge is 0.394 e. The summed E-state index contributed by atoms with van der Waals surface area (Å²) < 4.78 is 24.4. The molecule has 4 saturated carbocycles. The molecule has 4 aliphatic carbocycles. The maximum Gasteiger partial charge on any atom is 0.187 e. The van der Waals surface area contributed by atoms with E-state index in [2.05, 4.69) is 54.5 Å². The Bertz CT molecular complexity index is 1370. The molecule has 6 fully saturated rings. The first-order valence-electron chi connectivity index (χ1n) is 20.9. The molecule has 13 nitrogen and oxygen atoms in total. The average molecular weight is 785 g/mol. The third-order valence-corrected chi connectivity index (χ3v) is 16.6. The third kappa shape index (κ3) is 7.20. The molecule has 20 atom stereocenters. The molecular formula is C42H72O13. The standard InChI is InChI=1S/C42H72O13/c1-21(2)10-9-14-42(8,51)22-11-16-41(7)29(22)23(45)18-27-39(5)15-13-28(38(3,4)26(39)12-17-40(27,41)6)54-37-35(33(49)31(47)25(20-44)53-37)55-36-34(50)32(48)30(46)24(19-43)52-36/h10,22-37,43-51H,9,11-20H2,1-8H3/t22-,23+,24+,25+,26-,27?,28-,29-,30+,31+,32-,33-,34+,35+,36-,37-,39-,40+,41+,42+/m0/s1. The van der Waals surface area contributed by atoms with Crippen LogP contribution in [-0.4, -0.2) is 138 Å². The lowest BCUT2D eigenvalue weighted by Crippen LogP contribution is -2.68. The summed E-state index contributed by atoms with van der Waals surface area (Å²) in [5.74, 6) is 0.445.